The van der Waals surface area contributed by atoms with Crippen LogP contribution in [0.3, 0.4) is 0 Å². The fourth-order valence-electron chi connectivity index (χ4n) is 4.26. The first-order chi connectivity index (χ1) is 15.1. The van der Waals surface area contributed by atoms with E-state index >= 15 is 0 Å². The predicted molar refractivity (Wildman–Crippen MR) is 131 cm³/mol. The number of hydrogen-bond acceptors (Lipinski definition) is 4. The molecule has 0 N–H and O–H groups in total. The first kappa shape index (κ1) is 21.8. The van der Waals surface area contributed by atoms with Crippen molar-refractivity contribution in [2.45, 2.75) is 31.7 Å². The van der Waals surface area contributed by atoms with E-state index < -0.39 is 0 Å². The molecule has 0 saturated carbocycles. The van der Waals surface area contributed by atoms with Gasteiger partial charge in [-0.2, -0.15) is 15.5 Å². The summed E-state index contributed by atoms with van der Waals surface area (Å²) in [7, 11) is -0.0397. The van der Waals surface area contributed by atoms with Gasteiger partial charge in [-0.15, -0.1) is 0 Å². The van der Waals surface area contributed by atoms with Crippen LogP contribution in [0.1, 0.15) is 42.1 Å². The van der Waals surface area contributed by atoms with Gasteiger partial charge in [0.25, 0.3) is 6.01 Å². The summed E-state index contributed by atoms with van der Waals surface area (Å²) in [5.41, 5.74) is 2.95. The lowest BCUT2D eigenvalue weighted by Crippen LogP contribution is -2.35. The third-order valence-corrected chi connectivity index (χ3v) is 6.37. The van der Waals surface area contributed by atoms with Crippen molar-refractivity contribution in [3.63, 3.8) is 0 Å². The van der Waals surface area contributed by atoms with Gasteiger partial charge in [-0.05, 0) is 44.2 Å². The number of benzene rings is 2. The number of carbonyl (C=O) groups excluding carboxylic acids is 1. The lowest BCUT2D eigenvalue weighted by atomic mass is 10.0. The van der Waals surface area contributed by atoms with Crippen molar-refractivity contribution in [3.05, 3.63) is 60.2 Å². The minimum Gasteiger partial charge on any atom is -0.454 e. The van der Waals surface area contributed by atoms with Crippen LogP contribution >= 0.6 is 10.5 Å². The molecule has 31 heavy (non-hydrogen) atoms. The Hall–Kier alpha value is -2.44. The first-order valence-electron chi connectivity index (χ1n) is 10.9. The van der Waals surface area contributed by atoms with Crippen LogP contribution in [-0.4, -0.2) is 57.9 Å². The molecule has 0 spiro atoms. The zero-order valence-corrected chi connectivity index (χ0v) is 19.0. The minimum atomic E-state index is -0.0397. The van der Waals surface area contributed by atoms with E-state index in [1.54, 1.807) is 0 Å². The highest BCUT2D eigenvalue weighted by molar-refractivity contribution is 8.13. The molecule has 3 aromatic rings. The quantitative estimate of drug-likeness (QED) is 0.349. The van der Waals surface area contributed by atoms with E-state index in [2.05, 4.69) is 33.7 Å². The number of likely N-dealkylation sites (tertiary alicyclic amines) is 1. The van der Waals surface area contributed by atoms with E-state index in [-0.39, 0.29) is 16.3 Å². The molecule has 1 unspecified atom stereocenters. The lowest BCUT2D eigenvalue weighted by Gasteiger charge is -2.33. The summed E-state index contributed by atoms with van der Waals surface area (Å²) < 4.78 is 8.34. The molecule has 0 amide bonds. The smallest absolute Gasteiger partial charge is 0.298 e. The van der Waals surface area contributed by atoms with E-state index in [1.807, 2.05) is 42.5 Å². The Labute approximate surface area is 187 Å². The van der Waals surface area contributed by atoms with Crippen molar-refractivity contribution >= 4 is 33.2 Å². The maximum Gasteiger partial charge on any atom is 0.298 e. The maximum atomic E-state index is 12.3. The number of piperidine rings is 1. The first-order valence-corrected chi connectivity index (χ1v) is 12.9. The molecule has 1 aliphatic heterocycles. The summed E-state index contributed by atoms with van der Waals surface area (Å²) >= 11 is 0. The third kappa shape index (κ3) is 5.43. The van der Waals surface area contributed by atoms with E-state index in [0.717, 1.165) is 61.5 Å². The Morgan fingerprint density at radius 1 is 1.13 bits per heavy atom. The second kappa shape index (κ2) is 10.2. The van der Waals surface area contributed by atoms with Crippen molar-refractivity contribution in [3.8, 4) is 6.01 Å². The van der Waals surface area contributed by atoms with Gasteiger partial charge in [-0.3, -0.25) is 9.36 Å². The Morgan fingerprint density at radius 3 is 2.58 bits per heavy atom. The topological polar surface area (TPSA) is 47.4 Å². The van der Waals surface area contributed by atoms with Gasteiger partial charge >= 0.3 is 0 Å². The monoisotopic (exact) mass is 437 g/mol. The summed E-state index contributed by atoms with van der Waals surface area (Å²) in [6, 6.07) is 19.0. The summed E-state index contributed by atoms with van der Waals surface area (Å²) in [4.78, 5) is 19.5. The zero-order valence-electron chi connectivity index (χ0n) is 18.2. The fourth-order valence-corrected chi connectivity index (χ4v) is 4.57. The highest BCUT2D eigenvalue weighted by Gasteiger charge is 2.25. The molecule has 1 aliphatic rings. The van der Waals surface area contributed by atoms with Crippen LogP contribution in [0.5, 0.6) is 6.01 Å². The Balaban J connectivity index is 1.34. The highest BCUT2D eigenvalue weighted by Crippen LogP contribution is 2.32. The van der Waals surface area contributed by atoms with Crippen molar-refractivity contribution in [2.75, 3.05) is 31.8 Å². The standard InChI is InChI=1S/C25H31N3O2S/c1-31(2)19-30-25-26-22-11-6-7-12-23(22)28(25)21-14-17-27(18-15-21)16-8-13-24(29)20-9-4-3-5-10-20/h3-7,9-12,21H,1,8,13-19H2,2H3. The molecule has 5 nitrogen and oxygen atoms in total. The minimum absolute atomic E-state index is 0.0397. The second-order valence-electron chi connectivity index (χ2n) is 8.26. The number of ketones is 1. The normalized spacial score (nSPS) is 16.4. The average Bonchev–Trinajstić information content (AvgIpc) is 3.17. The molecule has 1 aromatic heterocycles. The molecule has 4 rings (SSSR count). The molecule has 2 heterocycles. The predicted octanol–water partition coefficient (Wildman–Crippen LogP) is 5.00. The Kier molecular flexibility index (Phi) is 7.20. The number of para-hydroxylation sites is 2. The largest absolute Gasteiger partial charge is 0.454 e. The molecule has 1 atom stereocenters. The van der Waals surface area contributed by atoms with E-state index in [4.69, 9.17) is 9.72 Å². The van der Waals surface area contributed by atoms with Gasteiger partial charge < -0.3 is 9.64 Å². The van der Waals surface area contributed by atoms with Gasteiger partial charge in [0.1, 0.15) is 5.94 Å². The van der Waals surface area contributed by atoms with Crippen LogP contribution in [0, 0.1) is 0 Å². The lowest BCUT2D eigenvalue weighted by molar-refractivity contribution is 0.0970. The van der Waals surface area contributed by atoms with Crippen molar-refractivity contribution in [1.29, 1.82) is 0 Å². The average molecular weight is 438 g/mol. The van der Waals surface area contributed by atoms with Crippen LogP contribution in [0.25, 0.3) is 11.0 Å². The molecule has 2 aromatic carbocycles. The van der Waals surface area contributed by atoms with Crippen LogP contribution in [-0.2, 0) is 0 Å². The molecule has 0 aliphatic carbocycles. The van der Waals surface area contributed by atoms with Gasteiger partial charge in [0, 0.05) is 31.1 Å². The number of Topliss-reactive ketones (excluding diaryl/α,β-unsaturated/α-hetero) is 1. The van der Waals surface area contributed by atoms with Crippen LogP contribution < -0.4 is 4.74 Å². The molecular formula is C25H31N3O2S. The van der Waals surface area contributed by atoms with E-state index in [0.29, 0.717) is 18.4 Å². The number of fused-ring (bicyclic) bond motifs is 1. The molecule has 1 saturated heterocycles. The van der Waals surface area contributed by atoms with Crippen molar-refractivity contribution < 1.29 is 9.53 Å². The Morgan fingerprint density at radius 2 is 1.84 bits per heavy atom. The van der Waals surface area contributed by atoms with E-state index in [1.165, 1.54) is 0 Å². The number of hydrogen-bond donors (Lipinski definition) is 0. The molecule has 1 fully saturated rings. The van der Waals surface area contributed by atoms with Crippen LogP contribution in [0.15, 0.2) is 54.6 Å². The van der Waals surface area contributed by atoms with Crippen LogP contribution in [0.4, 0.5) is 0 Å². The number of aromatic nitrogens is 2. The SMILES string of the molecule is C=S(C)COc1nc2ccccc2n1C1CCN(CCCC(=O)c2ccccc2)CC1. The summed E-state index contributed by atoms with van der Waals surface area (Å²) in [6.45, 7) is 3.03. The van der Waals surface area contributed by atoms with Crippen LogP contribution in [0.2, 0.25) is 0 Å². The maximum absolute atomic E-state index is 12.3. The molecule has 164 valence electrons. The van der Waals surface area contributed by atoms with Gasteiger partial charge in [-0.1, -0.05) is 48.3 Å². The van der Waals surface area contributed by atoms with Gasteiger partial charge in [-0.25, -0.2) is 0 Å². The van der Waals surface area contributed by atoms with Crippen molar-refractivity contribution in [1.82, 2.24) is 14.5 Å². The van der Waals surface area contributed by atoms with E-state index in [9.17, 15) is 4.79 Å². The van der Waals surface area contributed by atoms with Crippen molar-refractivity contribution in [2.24, 2.45) is 0 Å². The van der Waals surface area contributed by atoms with Gasteiger partial charge in [0.15, 0.2) is 5.78 Å². The number of ether oxygens (including phenoxy) is 1. The zero-order chi connectivity index (χ0) is 21.6. The summed E-state index contributed by atoms with van der Waals surface area (Å²) in [6.07, 6.45) is 5.71. The number of imidazole rings is 1. The fraction of sp³-hybridized carbons (Fsp3) is 0.400. The molecular weight excluding hydrogens is 406 g/mol. The molecule has 0 radical (unpaired) electrons. The Bertz CT molecular complexity index is 1040. The number of rotatable bonds is 9. The van der Waals surface area contributed by atoms with Gasteiger partial charge in [0.2, 0.25) is 0 Å². The highest BCUT2D eigenvalue weighted by atomic mass is 32.2. The molecule has 6 heteroatoms. The van der Waals surface area contributed by atoms with Gasteiger partial charge in [0.05, 0.1) is 11.0 Å². The third-order valence-electron chi connectivity index (χ3n) is 5.85. The molecule has 0 bridgehead atoms. The number of nitrogens with zero attached hydrogens (tertiary/aromatic N) is 3. The summed E-state index contributed by atoms with van der Waals surface area (Å²) in [5, 5.41) is 0. The summed E-state index contributed by atoms with van der Waals surface area (Å²) in [5.74, 6) is 4.89. The number of carbonyl (C=O) groups is 1. The second-order valence-corrected chi connectivity index (χ2v) is 10.1.